The molecule has 1 heterocycles. The van der Waals surface area contributed by atoms with Crippen LogP contribution in [0.15, 0.2) is 6.20 Å². The number of aromatic nitrogens is 2. The molecule has 1 aliphatic carbocycles. The SMILES string of the molecule is CCn1ncc(Cl)c1CCC(Cl)C1CC1. The van der Waals surface area contributed by atoms with Crippen molar-refractivity contribution in [3.63, 3.8) is 0 Å². The zero-order chi connectivity index (χ0) is 10.8. The molecular formula is C11H16Cl2N2. The van der Waals surface area contributed by atoms with Crippen molar-refractivity contribution in [2.75, 3.05) is 0 Å². The highest BCUT2D eigenvalue weighted by Crippen LogP contribution is 2.37. The van der Waals surface area contributed by atoms with Gasteiger partial charge in [-0.25, -0.2) is 0 Å². The number of hydrogen-bond donors (Lipinski definition) is 0. The first kappa shape index (κ1) is 11.3. The van der Waals surface area contributed by atoms with Crippen molar-refractivity contribution in [3.8, 4) is 0 Å². The van der Waals surface area contributed by atoms with Gasteiger partial charge < -0.3 is 0 Å². The Balaban J connectivity index is 1.93. The topological polar surface area (TPSA) is 17.8 Å². The van der Waals surface area contributed by atoms with Gasteiger partial charge >= 0.3 is 0 Å². The molecule has 0 aliphatic heterocycles. The van der Waals surface area contributed by atoms with Crippen LogP contribution in [0.25, 0.3) is 0 Å². The summed E-state index contributed by atoms with van der Waals surface area (Å²) in [6, 6.07) is 0. The van der Waals surface area contributed by atoms with E-state index in [1.54, 1.807) is 6.20 Å². The number of halogens is 2. The highest BCUT2D eigenvalue weighted by atomic mass is 35.5. The lowest BCUT2D eigenvalue weighted by atomic mass is 10.1. The minimum absolute atomic E-state index is 0.321. The van der Waals surface area contributed by atoms with E-state index in [4.69, 9.17) is 23.2 Å². The standard InChI is InChI=1S/C11H16Cl2N2/c1-2-15-11(10(13)7-14-15)6-5-9(12)8-3-4-8/h7-9H,2-6H2,1H3. The summed E-state index contributed by atoms with van der Waals surface area (Å²) in [5.41, 5.74) is 1.13. The maximum Gasteiger partial charge on any atom is 0.0817 e. The summed E-state index contributed by atoms with van der Waals surface area (Å²) in [6.45, 7) is 2.95. The summed E-state index contributed by atoms with van der Waals surface area (Å²) in [6.07, 6.45) is 6.28. The van der Waals surface area contributed by atoms with E-state index >= 15 is 0 Å². The van der Waals surface area contributed by atoms with Crippen LogP contribution in [0.4, 0.5) is 0 Å². The predicted octanol–water partition coefficient (Wildman–Crippen LogP) is 3.51. The van der Waals surface area contributed by atoms with Gasteiger partial charge in [0.25, 0.3) is 0 Å². The van der Waals surface area contributed by atoms with Crippen LogP contribution in [0, 0.1) is 5.92 Å². The Hall–Kier alpha value is -0.210. The molecule has 0 aromatic carbocycles. The normalized spacial score (nSPS) is 18.1. The molecule has 1 atom stereocenters. The van der Waals surface area contributed by atoms with E-state index in [1.807, 2.05) is 4.68 Å². The first-order valence-corrected chi connectivity index (χ1v) is 6.38. The molecule has 2 rings (SSSR count). The van der Waals surface area contributed by atoms with Crippen LogP contribution in [-0.2, 0) is 13.0 Å². The van der Waals surface area contributed by atoms with Crippen molar-refractivity contribution in [1.82, 2.24) is 9.78 Å². The third-order valence-electron chi connectivity index (χ3n) is 2.99. The van der Waals surface area contributed by atoms with Gasteiger partial charge in [-0.1, -0.05) is 11.6 Å². The molecule has 1 unspecified atom stereocenters. The molecule has 0 radical (unpaired) electrons. The molecule has 0 saturated heterocycles. The Morgan fingerprint density at radius 3 is 2.93 bits per heavy atom. The second-order valence-electron chi connectivity index (χ2n) is 4.15. The Morgan fingerprint density at radius 1 is 1.60 bits per heavy atom. The maximum atomic E-state index is 6.27. The molecular weight excluding hydrogens is 231 g/mol. The molecule has 84 valence electrons. The van der Waals surface area contributed by atoms with Gasteiger partial charge in [0, 0.05) is 11.9 Å². The number of hydrogen-bond acceptors (Lipinski definition) is 1. The summed E-state index contributed by atoms with van der Waals surface area (Å²) in [5, 5.41) is 5.31. The molecule has 1 fully saturated rings. The van der Waals surface area contributed by atoms with Crippen LogP contribution in [0.2, 0.25) is 5.02 Å². The fourth-order valence-electron chi connectivity index (χ4n) is 1.88. The Kier molecular flexibility index (Phi) is 3.57. The largest absolute Gasteiger partial charge is 0.268 e. The number of alkyl halides is 1. The van der Waals surface area contributed by atoms with Crippen molar-refractivity contribution in [1.29, 1.82) is 0 Å². The smallest absolute Gasteiger partial charge is 0.0817 e. The fourth-order valence-corrected chi connectivity index (χ4v) is 2.47. The molecule has 1 aromatic heterocycles. The van der Waals surface area contributed by atoms with Gasteiger partial charge in [0.2, 0.25) is 0 Å². The molecule has 1 aliphatic rings. The van der Waals surface area contributed by atoms with Crippen LogP contribution < -0.4 is 0 Å². The Bertz CT molecular complexity index is 331. The number of nitrogens with zero attached hydrogens (tertiary/aromatic N) is 2. The Morgan fingerprint density at radius 2 is 2.33 bits per heavy atom. The van der Waals surface area contributed by atoms with Crippen molar-refractivity contribution in [3.05, 3.63) is 16.9 Å². The summed E-state index contributed by atoms with van der Waals surface area (Å²) in [4.78, 5) is 0. The lowest BCUT2D eigenvalue weighted by Crippen LogP contribution is -2.08. The number of aryl methyl sites for hydroxylation is 1. The van der Waals surface area contributed by atoms with Crippen molar-refractivity contribution in [2.24, 2.45) is 5.92 Å². The van der Waals surface area contributed by atoms with Crippen LogP contribution >= 0.6 is 23.2 Å². The summed E-state index contributed by atoms with van der Waals surface area (Å²) >= 11 is 12.3. The van der Waals surface area contributed by atoms with E-state index in [9.17, 15) is 0 Å². The van der Waals surface area contributed by atoms with Crippen LogP contribution in [0.1, 0.15) is 31.9 Å². The third kappa shape index (κ3) is 2.67. The first-order valence-electron chi connectivity index (χ1n) is 5.56. The molecule has 0 spiro atoms. The zero-order valence-electron chi connectivity index (χ0n) is 8.92. The lowest BCUT2D eigenvalue weighted by Gasteiger charge is -2.09. The van der Waals surface area contributed by atoms with Crippen LogP contribution in [0.5, 0.6) is 0 Å². The second-order valence-corrected chi connectivity index (χ2v) is 5.11. The fraction of sp³-hybridized carbons (Fsp3) is 0.727. The predicted molar refractivity (Wildman–Crippen MR) is 63.6 cm³/mol. The van der Waals surface area contributed by atoms with Crippen LogP contribution in [-0.4, -0.2) is 15.2 Å². The van der Waals surface area contributed by atoms with E-state index < -0.39 is 0 Å². The monoisotopic (exact) mass is 246 g/mol. The molecule has 0 N–H and O–H groups in total. The zero-order valence-corrected chi connectivity index (χ0v) is 10.4. The van der Waals surface area contributed by atoms with Gasteiger partial charge in [-0.3, -0.25) is 4.68 Å². The van der Waals surface area contributed by atoms with E-state index in [-0.39, 0.29) is 0 Å². The first-order chi connectivity index (χ1) is 7.22. The minimum Gasteiger partial charge on any atom is -0.268 e. The summed E-state index contributed by atoms with van der Waals surface area (Å²) in [7, 11) is 0. The average molecular weight is 247 g/mol. The van der Waals surface area contributed by atoms with Gasteiger partial charge in [0.1, 0.15) is 0 Å². The minimum atomic E-state index is 0.321. The maximum absolute atomic E-state index is 6.27. The average Bonchev–Trinajstić information content (AvgIpc) is 3.01. The molecule has 4 heteroatoms. The Labute approximate surface area is 101 Å². The van der Waals surface area contributed by atoms with E-state index in [1.165, 1.54) is 12.8 Å². The summed E-state index contributed by atoms with van der Waals surface area (Å²) < 4.78 is 1.96. The highest BCUT2D eigenvalue weighted by molar-refractivity contribution is 6.31. The summed E-state index contributed by atoms with van der Waals surface area (Å²) in [5.74, 6) is 0.753. The van der Waals surface area contributed by atoms with E-state index in [0.29, 0.717) is 5.38 Å². The van der Waals surface area contributed by atoms with Gasteiger partial charge in [-0.2, -0.15) is 5.10 Å². The molecule has 0 amide bonds. The van der Waals surface area contributed by atoms with E-state index in [2.05, 4.69) is 12.0 Å². The van der Waals surface area contributed by atoms with Gasteiger partial charge in [0.05, 0.1) is 16.9 Å². The number of rotatable bonds is 5. The third-order valence-corrected chi connectivity index (χ3v) is 3.88. The molecule has 15 heavy (non-hydrogen) atoms. The molecule has 2 nitrogen and oxygen atoms in total. The van der Waals surface area contributed by atoms with Gasteiger partial charge in [-0.05, 0) is 38.5 Å². The van der Waals surface area contributed by atoms with Crippen molar-refractivity contribution in [2.45, 2.75) is 44.5 Å². The highest BCUT2D eigenvalue weighted by Gasteiger charge is 2.29. The molecule has 1 saturated carbocycles. The second kappa shape index (κ2) is 4.75. The molecule has 1 aromatic rings. The quantitative estimate of drug-likeness (QED) is 0.728. The van der Waals surface area contributed by atoms with Crippen molar-refractivity contribution >= 4 is 23.2 Å². The van der Waals surface area contributed by atoms with Gasteiger partial charge in [0.15, 0.2) is 0 Å². The van der Waals surface area contributed by atoms with E-state index in [0.717, 1.165) is 36.0 Å². The van der Waals surface area contributed by atoms with Crippen LogP contribution in [0.3, 0.4) is 0 Å². The molecule has 0 bridgehead atoms. The lowest BCUT2D eigenvalue weighted by molar-refractivity contribution is 0.592. The van der Waals surface area contributed by atoms with Crippen molar-refractivity contribution < 1.29 is 0 Å². The van der Waals surface area contributed by atoms with Gasteiger partial charge in [-0.15, -0.1) is 11.6 Å².